The second-order valence-corrected chi connectivity index (χ2v) is 8.50. The van der Waals surface area contributed by atoms with Gasteiger partial charge in [-0.15, -0.1) is 0 Å². The van der Waals surface area contributed by atoms with Crippen LogP contribution in [0, 0.1) is 0 Å². The van der Waals surface area contributed by atoms with Crippen molar-refractivity contribution in [3.05, 3.63) is 107 Å². The zero-order valence-corrected chi connectivity index (χ0v) is 20.0. The Morgan fingerprint density at radius 1 is 0.684 bits per heavy atom. The fourth-order valence-electron chi connectivity index (χ4n) is 3.71. The average molecular weight is 513 g/mol. The van der Waals surface area contributed by atoms with Crippen molar-refractivity contribution in [1.82, 2.24) is 0 Å². The molecule has 0 amide bonds. The van der Waals surface area contributed by atoms with Gasteiger partial charge in [0.1, 0.15) is 28.7 Å². The Morgan fingerprint density at radius 2 is 1.32 bits per heavy atom. The lowest BCUT2D eigenvalue weighted by Crippen LogP contribution is -2.01. The number of ether oxygens (including phenoxy) is 1. The lowest BCUT2D eigenvalue weighted by Gasteiger charge is -2.10. The molecule has 4 aromatic carbocycles. The predicted octanol–water partition coefficient (Wildman–Crippen LogP) is 5.72. The molecule has 0 atom stereocenters. The lowest BCUT2D eigenvalue weighted by molar-refractivity contribution is 0.0979. The summed E-state index contributed by atoms with van der Waals surface area (Å²) in [6.45, 7) is 0. The van der Waals surface area contributed by atoms with Crippen LogP contribution in [0.5, 0.6) is 40.2 Å². The van der Waals surface area contributed by atoms with Crippen molar-refractivity contribution < 1.29 is 39.9 Å². The summed E-state index contributed by atoms with van der Waals surface area (Å²) in [5.74, 6) is -1.09. The number of phenols is 5. The molecule has 192 valence electrons. The maximum absolute atomic E-state index is 12.4. The number of aromatic hydroxyl groups is 5. The van der Waals surface area contributed by atoms with Crippen molar-refractivity contribution in [3.63, 3.8) is 0 Å². The van der Waals surface area contributed by atoms with Crippen LogP contribution in [0.4, 0.5) is 0 Å². The van der Waals surface area contributed by atoms with Gasteiger partial charge in [-0.1, -0.05) is 24.3 Å². The highest BCUT2D eigenvalue weighted by molar-refractivity contribution is 6.08. The standard InChI is InChI=1S/C30H24O8/c31-20-6-10-23(28(36)16-20)25(33)12-3-18-1-8-22(9-2-18)38-30-15-19(5-14-27(30)35)4-13-26(34)24-11-7-21(32)17-29(24)37/h1-2,4-11,13-17,31-32,35-37H,3,12H2/b13-4+. The number of allylic oxidation sites excluding steroid dienone is 1. The number of phenolic OH excluding ortho intramolecular Hbond substituents is 5. The van der Waals surface area contributed by atoms with Gasteiger partial charge in [-0.3, -0.25) is 9.59 Å². The molecule has 0 aliphatic carbocycles. The average Bonchev–Trinajstić information content (AvgIpc) is 2.88. The molecule has 8 nitrogen and oxygen atoms in total. The molecule has 5 N–H and O–H groups in total. The first kappa shape index (κ1) is 25.8. The molecular weight excluding hydrogens is 488 g/mol. The molecule has 0 fully saturated rings. The Labute approximate surface area is 218 Å². The number of hydrogen-bond acceptors (Lipinski definition) is 8. The van der Waals surface area contributed by atoms with E-state index in [2.05, 4.69) is 0 Å². The van der Waals surface area contributed by atoms with Crippen molar-refractivity contribution in [3.8, 4) is 40.2 Å². The topological polar surface area (TPSA) is 145 Å². The number of carbonyl (C=O) groups is 2. The highest BCUT2D eigenvalue weighted by atomic mass is 16.5. The van der Waals surface area contributed by atoms with Crippen LogP contribution in [0.3, 0.4) is 0 Å². The van der Waals surface area contributed by atoms with Gasteiger partial charge in [0.25, 0.3) is 0 Å². The van der Waals surface area contributed by atoms with E-state index >= 15 is 0 Å². The fraction of sp³-hybridized carbons (Fsp3) is 0.0667. The van der Waals surface area contributed by atoms with Crippen LogP contribution >= 0.6 is 0 Å². The molecule has 4 rings (SSSR count). The van der Waals surface area contributed by atoms with Crippen LogP contribution in [0.2, 0.25) is 0 Å². The molecule has 0 radical (unpaired) electrons. The summed E-state index contributed by atoms with van der Waals surface area (Å²) in [4.78, 5) is 24.8. The Kier molecular flexibility index (Phi) is 7.63. The zero-order chi connectivity index (χ0) is 27.2. The van der Waals surface area contributed by atoms with Gasteiger partial charge in [-0.25, -0.2) is 0 Å². The highest BCUT2D eigenvalue weighted by Gasteiger charge is 2.13. The SMILES string of the molecule is O=C(/C=C/c1ccc(O)c(Oc2ccc(CCC(=O)c3ccc(O)cc3O)cc2)c1)c1ccc(O)cc1O. The number of benzene rings is 4. The van der Waals surface area contributed by atoms with Gasteiger partial charge in [0.05, 0.1) is 11.1 Å². The molecule has 0 unspecified atom stereocenters. The summed E-state index contributed by atoms with van der Waals surface area (Å²) in [7, 11) is 0. The van der Waals surface area contributed by atoms with Gasteiger partial charge < -0.3 is 30.3 Å². The molecule has 0 heterocycles. The number of rotatable bonds is 9. The van der Waals surface area contributed by atoms with Crippen molar-refractivity contribution in [2.24, 2.45) is 0 Å². The normalized spacial score (nSPS) is 10.9. The van der Waals surface area contributed by atoms with E-state index in [0.717, 1.165) is 17.7 Å². The zero-order valence-electron chi connectivity index (χ0n) is 20.0. The second kappa shape index (κ2) is 11.2. The van der Waals surface area contributed by atoms with E-state index in [4.69, 9.17) is 4.74 Å². The summed E-state index contributed by atoms with van der Waals surface area (Å²) in [5, 5.41) is 48.7. The number of hydrogen-bond donors (Lipinski definition) is 5. The van der Waals surface area contributed by atoms with Gasteiger partial charge in [0.15, 0.2) is 23.1 Å². The molecule has 38 heavy (non-hydrogen) atoms. The van der Waals surface area contributed by atoms with Gasteiger partial charge in [-0.05, 0) is 72.2 Å². The lowest BCUT2D eigenvalue weighted by atomic mass is 10.0. The second-order valence-electron chi connectivity index (χ2n) is 8.50. The summed E-state index contributed by atoms with van der Waals surface area (Å²) < 4.78 is 5.79. The molecule has 0 aliphatic rings. The molecule has 0 saturated heterocycles. The summed E-state index contributed by atoms with van der Waals surface area (Å²) in [5.41, 5.74) is 1.61. The van der Waals surface area contributed by atoms with Crippen molar-refractivity contribution in [2.75, 3.05) is 0 Å². The number of Topliss-reactive ketones (excluding diaryl/α,β-unsaturated/α-hetero) is 1. The number of carbonyl (C=O) groups excluding carboxylic acids is 2. The van der Waals surface area contributed by atoms with E-state index in [1.54, 1.807) is 36.4 Å². The van der Waals surface area contributed by atoms with Crippen LogP contribution in [-0.4, -0.2) is 37.1 Å². The van der Waals surface area contributed by atoms with Crippen molar-refractivity contribution in [1.29, 1.82) is 0 Å². The molecule has 0 saturated carbocycles. The van der Waals surface area contributed by atoms with Gasteiger partial charge in [-0.2, -0.15) is 0 Å². The molecule has 8 heteroatoms. The fourth-order valence-corrected chi connectivity index (χ4v) is 3.71. The van der Waals surface area contributed by atoms with Crippen molar-refractivity contribution in [2.45, 2.75) is 12.8 Å². The largest absolute Gasteiger partial charge is 0.508 e. The van der Waals surface area contributed by atoms with Crippen LogP contribution < -0.4 is 4.74 Å². The summed E-state index contributed by atoms with van der Waals surface area (Å²) in [6, 6.07) is 19.1. The molecule has 4 aromatic rings. The molecule has 0 bridgehead atoms. The van der Waals surface area contributed by atoms with Gasteiger partial charge in [0.2, 0.25) is 0 Å². The Balaban J connectivity index is 1.39. The minimum absolute atomic E-state index is 0.0379. The maximum atomic E-state index is 12.4. The van der Waals surface area contributed by atoms with E-state index in [0.29, 0.717) is 17.7 Å². The third-order valence-electron chi connectivity index (χ3n) is 5.73. The number of aryl methyl sites for hydroxylation is 1. The smallest absolute Gasteiger partial charge is 0.189 e. The number of ketones is 2. The minimum Gasteiger partial charge on any atom is -0.508 e. The van der Waals surface area contributed by atoms with E-state index in [1.165, 1.54) is 42.5 Å². The van der Waals surface area contributed by atoms with E-state index in [-0.39, 0.29) is 57.8 Å². The Morgan fingerprint density at radius 3 is 1.95 bits per heavy atom. The first-order chi connectivity index (χ1) is 18.2. The monoisotopic (exact) mass is 512 g/mol. The van der Waals surface area contributed by atoms with Gasteiger partial charge in [0, 0.05) is 18.6 Å². The predicted molar refractivity (Wildman–Crippen MR) is 140 cm³/mol. The van der Waals surface area contributed by atoms with Crippen LogP contribution in [0.25, 0.3) is 6.08 Å². The van der Waals surface area contributed by atoms with Crippen molar-refractivity contribution >= 4 is 17.6 Å². The third-order valence-corrected chi connectivity index (χ3v) is 5.73. The minimum atomic E-state index is -0.465. The quantitative estimate of drug-likeness (QED) is 0.141. The third kappa shape index (κ3) is 6.30. The summed E-state index contributed by atoms with van der Waals surface area (Å²) >= 11 is 0. The van der Waals surface area contributed by atoms with Gasteiger partial charge >= 0.3 is 0 Å². The van der Waals surface area contributed by atoms with E-state index < -0.39 is 5.78 Å². The van der Waals surface area contributed by atoms with Crippen LogP contribution in [0.1, 0.15) is 38.3 Å². The molecule has 0 aromatic heterocycles. The van der Waals surface area contributed by atoms with E-state index in [1.807, 2.05) is 0 Å². The van der Waals surface area contributed by atoms with E-state index in [9.17, 15) is 35.1 Å². The molecule has 0 spiro atoms. The van der Waals surface area contributed by atoms with Crippen LogP contribution in [-0.2, 0) is 6.42 Å². The Bertz CT molecular complexity index is 1520. The molecule has 0 aliphatic heterocycles. The first-order valence-corrected chi connectivity index (χ1v) is 11.6. The Hall–Kier alpha value is -5.24. The summed E-state index contributed by atoms with van der Waals surface area (Å²) in [6.07, 6.45) is 3.35. The van der Waals surface area contributed by atoms with Crippen LogP contribution in [0.15, 0.2) is 84.9 Å². The maximum Gasteiger partial charge on any atom is 0.189 e. The molecular formula is C30H24O8. The first-order valence-electron chi connectivity index (χ1n) is 11.6. The highest BCUT2D eigenvalue weighted by Crippen LogP contribution is 2.32.